The van der Waals surface area contributed by atoms with Crippen molar-refractivity contribution in [2.75, 3.05) is 7.11 Å². The van der Waals surface area contributed by atoms with E-state index in [1.54, 1.807) is 42.5 Å². The number of aryl methyl sites for hydroxylation is 1. The number of fused-ring (bicyclic) bond motifs is 1. The molecule has 0 radical (unpaired) electrons. The number of hydrogen-bond donors (Lipinski definition) is 1. The fourth-order valence-corrected chi connectivity index (χ4v) is 3.68. The molecule has 0 saturated carbocycles. The minimum absolute atomic E-state index is 0.0978. The molecule has 0 spiro atoms. The number of benzene rings is 2. The summed E-state index contributed by atoms with van der Waals surface area (Å²) in [6.45, 7) is 1.50. The molecule has 8 nitrogen and oxygen atoms in total. The van der Waals surface area contributed by atoms with Gasteiger partial charge in [0.25, 0.3) is 11.4 Å². The average Bonchev–Trinajstić information content (AvgIpc) is 3.45. The molecule has 11 heteroatoms. The van der Waals surface area contributed by atoms with Gasteiger partial charge in [-0.3, -0.25) is 9.89 Å². The quantitative estimate of drug-likeness (QED) is 0.410. The molecule has 3 heterocycles. The van der Waals surface area contributed by atoms with Gasteiger partial charge in [0.1, 0.15) is 17.0 Å². The Hall–Kier alpha value is -4.41. The van der Waals surface area contributed by atoms with E-state index in [1.807, 2.05) is 0 Å². The number of hydrogen-bond acceptors (Lipinski definition) is 6. The summed E-state index contributed by atoms with van der Waals surface area (Å²) in [7, 11) is 1.53. The number of nitrogens with one attached hydrogen (secondary N) is 1. The van der Waals surface area contributed by atoms with Gasteiger partial charge in [0.05, 0.1) is 18.4 Å². The Labute approximate surface area is 189 Å². The molecule has 0 aliphatic rings. The lowest BCUT2D eigenvalue weighted by atomic mass is 10.1. The summed E-state index contributed by atoms with van der Waals surface area (Å²) < 4.78 is 53.1. The lowest BCUT2D eigenvalue weighted by Gasteiger charge is -2.07. The first kappa shape index (κ1) is 21.4. The van der Waals surface area contributed by atoms with Gasteiger partial charge in [0.15, 0.2) is 5.65 Å². The van der Waals surface area contributed by atoms with Crippen LogP contribution in [-0.2, 0) is 6.18 Å². The molecule has 0 atom stereocenters. The second-order valence-corrected chi connectivity index (χ2v) is 7.40. The molecule has 0 bridgehead atoms. The van der Waals surface area contributed by atoms with Gasteiger partial charge in [-0.05, 0) is 36.8 Å². The molecule has 0 aliphatic heterocycles. The van der Waals surface area contributed by atoms with Crippen molar-refractivity contribution in [3.8, 4) is 39.8 Å². The van der Waals surface area contributed by atoms with E-state index in [0.717, 1.165) is 4.52 Å². The number of rotatable bonds is 4. The van der Waals surface area contributed by atoms with Gasteiger partial charge in [-0.1, -0.05) is 30.3 Å². The number of aromatic amines is 1. The predicted octanol–water partition coefficient (Wildman–Crippen LogP) is 4.74. The van der Waals surface area contributed by atoms with E-state index in [2.05, 4.69) is 20.3 Å². The second-order valence-electron chi connectivity index (χ2n) is 7.40. The highest BCUT2D eigenvalue weighted by Gasteiger charge is 2.38. The van der Waals surface area contributed by atoms with Gasteiger partial charge in [0, 0.05) is 5.56 Å². The summed E-state index contributed by atoms with van der Waals surface area (Å²) in [4.78, 5) is 17.6. The SMILES string of the molecule is COc1ccc(-c2nnc(-c3c(C)nc4c(-c5ccccc5)c(C(F)(F)F)[nH]n4c3=O)o2)cc1. The maximum Gasteiger partial charge on any atom is 0.433 e. The van der Waals surface area contributed by atoms with E-state index in [0.29, 0.717) is 11.3 Å². The van der Waals surface area contributed by atoms with Crippen LogP contribution in [0.2, 0.25) is 0 Å². The Kier molecular flexibility index (Phi) is 4.96. The first-order chi connectivity index (χ1) is 16.3. The van der Waals surface area contributed by atoms with Crippen LogP contribution in [0.5, 0.6) is 5.75 Å². The normalized spacial score (nSPS) is 11.8. The lowest BCUT2D eigenvalue weighted by molar-refractivity contribution is -0.140. The van der Waals surface area contributed by atoms with Crippen molar-refractivity contribution in [1.82, 2.24) is 24.8 Å². The Bertz CT molecular complexity index is 1550. The zero-order chi connectivity index (χ0) is 24.0. The Morgan fingerprint density at radius 1 is 0.941 bits per heavy atom. The number of aromatic nitrogens is 5. The molecule has 5 rings (SSSR count). The summed E-state index contributed by atoms with van der Waals surface area (Å²) in [6.07, 6.45) is -4.74. The molecular formula is C23H16F3N5O3. The van der Waals surface area contributed by atoms with Crippen LogP contribution >= 0.6 is 0 Å². The van der Waals surface area contributed by atoms with E-state index in [4.69, 9.17) is 9.15 Å². The largest absolute Gasteiger partial charge is 0.497 e. The summed E-state index contributed by atoms with van der Waals surface area (Å²) in [5.41, 5.74) is -1.34. The number of methoxy groups -OCH3 is 1. The third-order valence-electron chi connectivity index (χ3n) is 5.28. The third-order valence-corrected chi connectivity index (χ3v) is 5.28. The van der Waals surface area contributed by atoms with Crippen molar-refractivity contribution in [3.05, 3.63) is 76.3 Å². The molecule has 0 aliphatic carbocycles. The third kappa shape index (κ3) is 3.51. The molecule has 5 aromatic rings. The zero-order valence-electron chi connectivity index (χ0n) is 17.8. The van der Waals surface area contributed by atoms with Crippen LogP contribution in [0.25, 0.3) is 39.7 Å². The van der Waals surface area contributed by atoms with Crippen molar-refractivity contribution in [2.24, 2.45) is 0 Å². The highest BCUT2D eigenvalue weighted by atomic mass is 19.4. The predicted molar refractivity (Wildman–Crippen MR) is 116 cm³/mol. The van der Waals surface area contributed by atoms with Gasteiger partial charge in [-0.25, -0.2) is 4.98 Å². The first-order valence-corrected chi connectivity index (χ1v) is 10.0. The lowest BCUT2D eigenvalue weighted by Crippen LogP contribution is -2.20. The van der Waals surface area contributed by atoms with Gasteiger partial charge in [0.2, 0.25) is 5.89 Å². The first-order valence-electron chi connectivity index (χ1n) is 10.0. The van der Waals surface area contributed by atoms with Gasteiger partial charge >= 0.3 is 6.18 Å². The van der Waals surface area contributed by atoms with E-state index < -0.39 is 17.4 Å². The molecule has 34 heavy (non-hydrogen) atoms. The molecule has 0 unspecified atom stereocenters. The standard InChI is InChI=1S/C23H16F3N5O3/c1-12-16(21-29-28-20(34-21)14-8-10-15(33-2)11-9-14)22(32)31-19(27-12)17(13-6-4-3-5-7-13)18(30-31)23(24,25)26/h3-11,30H,1-2H3. The average molecular weight is 467 g/mol. The molecule has 0 amide bonds. The van der Waals surface area contributed by atoms with Gasteiger partial charge < -0.3 is 9.15 Å². The summed E-state index contributed by atoms with van der Waals surface area (Å²) >= 11 is 0. The van der Waals surface area contributed by atoms with E-state index in [-0.39, 0.29) is 39.8 Å². The van der Waals surface area contributed by atoms with Gasteiger partial charge in [-0.2, -0.15) is 17.7 Å². The van der Waals surface area contributed by atoms with Crippen molar-refractivity contribution in [3.63, 3.8) is 0 Å². The number of H-pyrrole nitrogens is 1. The molecular weight excluding hydrogens is 451 g/mol. The van der Waals surface area contributed by atoms with Crippen LogP contribution in [0, 0.1) is 6.92 Å². The van der Waals surface area contributed by atoms with Crippen molar-refractivity contribution < 1.29 is 22.3 Å². The molecule has 172 valence electrons. The summed E-state index contributed by atoms with van der Waals surface area (Å²) in [6, 6.07) is 14.7. The molecule has 2 aromatic carbocycles. The van der Waals surface area contributed by atoms with Gasteiger partial charge in [-0.15, -0.1) is 10.2 Å². The molecule has 0 fully saturated rings. The van der Waals surface area contributed by atoms with E-state index in [9.17, 15) is 18.0 Å². The Morgan fingerprint density at radius 3 is 2.26 bits per heavy atom. The Balaban J connectivity index is 1.69. The maximum absolute atomic E-state index is 13.8. The fourth-order valence-electron chi connectivity index (χ4n) is 3.68. The number of halogens is 3. The number of alkyl halides is 3. The summed E-state index contributed by atoms with van der Waals surface area (Å²) in [5, 5.41) is 10.1. The molecule has 3 aromatic heterocycles. The van der Waals surface area contributed by atoms with Crippen molar-refractivity contribution in [2.45, 2.75) is 13.1 Å². The van der Waals surface area contributed by atoms with Crippen molar-refractivity contribution >= 4 is 5.65 Å². The van der Waals surface area contributed by atoms with Crippen LogP contribution in [0.15, 0.2) is 63.8 Å². The maximum atomic E-state index is 13.8. The smallest absolute Gasteiger partial charge is 0.433 e. The number of nitrogens with zero attached hydrogens (tertiary/aromatic N) is 4. The highest BCUT2D eigenvalue weighted by molar-refractivity contribution is 5.81. The summed E-state index contributed by atoms with van der Waals surface area (Å²) in [5.74, 6) is 0.613. The highest BCUT2D eigenvalue weighted by Crippen LogP contribution is 2.38. The van der Waals surface area contributed by atoms with Crippen LogP contribution < -0.4 is 10.3 Å². The minimum Gasteiger partial charge on any atom is -0.497 e. The monoisotopic (exact) mass is 467 g/mol. The fraction of sp³-hybridized carbons (Fsp3) is 0.130. The number of ether oxygens (including phenoxy) is 1. The van der Waals surface area contributed by atoms with E-state index >= 15 is 0 Å². The second kappa shape index (κ2) is 7.87. The van der Waals surface area contributed by atoms with Crippen LogP contribution in [0.4, 0.5) is 13.2 Å². The van der Waals surface area contributed by atoms with Crippen LogP contribution in [0.3, 0.4) is 0 Å². The van der Waals surface area contributed by atoms with Crippen molar-refractivity contribution in [1.29, 1.82) is 0 Å². The van der Waals surface area contributed by atoms with Crippen LogP contribution in [-0.4, -0.2) is 31.9 Å². The van der Waals surface area contributed by atoms with E-state index in [1.165, 1.54) is 26.2 Å². The van der Waals surface area contributed by atoms with Crippen LogP contribution in [0.1, 0.15) is 11.4 Å². The zero-order valence-corrected chi connectivity index (χ0v) is 17.8. The minimum atomic E-state index is -4.74. The topological polar surface area (TPSA) is 98.3 Å². The molecule has 0 saturated heterocycles. The Morgan fingerprint density at radius 2 is 1.62 bits per heavy atom. The molecule has 1 N–H and O–H groups in total.